The van der Waals surface area contributed by atoms with Crippen LogP contribution in [0.5, 0.6) is 0 Å². The number of amides is 1. The molecule has 0 saturated carbocycles. The lowest BCUT2D eigenvalue weighted by Gasteiger charge is -2.13. The minimum atomic E-state index is -0.0123. The Balaban J connectivity index is 1.78. The fourth-order valence-electron chi connectivity index (χ4n) is 5.65. The van der Waals surface area contributed by atoms with Crippen molar-refractivity contribution in [2.45, 2.75) is 39.0 Å². The maximum Gasteiger partial charge on any atom is 0.252 e. The Bertz CT molecular complexity index is 1420. The summed E-state index contributed by atoms with van der Waals surface area (Å²) in [7, 11) is 1.73. The summed E-state index contributed by atoms with van der Waals surface area (Å²) in [6, 6.07) is 14.9. The van der Waals surface area contributed by atoms with Crippen LogP contribution in [0, 0.1) is 0 Å². The fourth-order valence-corrected chi connectivity index (χ4v) is 5.65. The number of hydrogen-bond acceptors (Lipinski definition) is 3. The molecule has 32 heavy (non-hydrogen) atoms. The van der Waals surface area contributed by atoms with Crippen molar-refractivity contribution in [2.75, 3.05) is 13.7 Å². The van der Waals surface area contributed by atoms with Crippen LogP contribution in [0.3, 0.4) is 0 Å². The van der Waals surface area contributed by atoms with Gasteiger partial charge >= 0.3 is 0 Å². The molecular weight excluding hydrogens is 400 g/mol. The van der Waals surface area contributed by atoms with E-state index in [0.717, 1.165) is 46.1 Å². The number of benzene rings is 3. The highest BCUT2D eigenvalue weighted by Crippen LogP contribution is 2.48. The number of aliphatic hydroxyl groups is 1. The van der Waals surface area contributed by atoms with Crippen molar-refractivity contribution in [1.29, 1.82) is 0 Å². The van der Waals surface area contributed by atoms with Gasteiger partial charge in [-0.2, -0.15) is 0 Å². The van der Waals surface area contributed by atoms with E-state index < -0.39 is 0 Å². The molecule has 6 rings (SSSR count). The number of carbonyl (C=O) groups excluding carboxylic acids is 1. The van der Waals surface area contributed by atoms with E-state index in [1.165, 1.54) is 27.6 Å². The van der Waals surface area contributed by atoms with Gasteiger partial charge in [0.2, 0.25) is 0 Å². The maximum absolute atomic E-state index is 13.0. The normalized spacial score (nSPS) is 15.2. The van der Waals surface area contributed by atoms with E-state index in [-0.39, 0.29) is 18.6 Å². The molecule has 5 heteroatoms. The standard InChI is InChI=1S/C27H26N2O3/c1-15(32-2)16-8-9-22-19(12-16)24-21-14-28-27(31)25(21)23-18-7-4-3-6-17(18)13-20(23)26(24)29(22)10-5-11-30/h3-4,6-9,12,15,30H,5,10-11,13-14H2,1-2H3,(H,28,31). The molecule has 1 amide bonds. The van der Waals surface area contributed by atoms with Gasteiger partial charge in [-0.25, -0.2) is 0 Å². The first kappa shape index (κ1) is 19.5. The third-order valence-electron chi connectivity index (χ3n) is 7.20. The first-order valence-corrected chi connectivity index (χ1v) is 11.3. The van der Waals surface area contributed by atoms with Gasteiger partial charge < -0.3 is 19.7 Å². The van der Waals surface area contributed by atoms with E-state index >= 15 is 0 Å². The molecule has 0 spiro atoms. The molecule has 1 aliphatic heterocycles. The summed E-state index contributed by atoms with van der Waals surface area (Å²) in [5.74, 6) is 0.0209. The number of rotatable bonds is 5. The fraction of sp³-hybridized carbons (Fsp3) is 0.296. The molecule has 4 aromatic rings. The van der Waals surface area contributed by atoms with Gasteiger partial charge in [-0.1, -0.05) is 30.3 Å². The largest absolute Gasteiger partial charge is 0.396 e. The monoisotopic (exact) mass is 426 g/mol. The lowest BCUT2D eigenvalue weighted by Crippen LogP contribution is -2.13. The zero-order valence-electron chi connectivity index (χ0n) is 18.4. The summed E-state index contributed by atoms with van der Waals surface area (Å²) in [6.07, 6.45) is 1.49. The van der Waals surface area contributed by atoms with E-state index in [2.05, 4.69) is 59.3 Å². The van der Waals surface area contributed by atoms with E-state index in [1.807, 2.05) is 0 Å². The molecule has 0 bridgehead atoms. The highest BCUT2D eigenvalue weighted by Gasteiger charge is 2.35. The first-order valence-electron chi connectivity index (χ1n) is 11.3. The van der Waals surface area contributed by atoms with Crippen molar-refractivity contribution in [3.05, 3.63) is 70.3 Å². The van der Waals surface area contributed by atoms with Gasteiger partial charge in [0.15, 0.2) is 0 Å². The van der Waals surface area contributed by atoms with Crippen LogP contribution in [0.2, 0.25) is 0 Å². The van der Waals surface area contributed by atoms with Crippen LogP contribution in [0.1, 0.15) is 52.1 Å². The Morgan fingerprint density at radius 1 is 1.16 bits per heavy atom. The molecule has 0 fully saturated rings. The van der Waals surface area contributed by atoms with Gasteiger partial charge in [-0.05, 0) is 53.3 Å². The summed E-state index contributed by atoms with van der Waals surface area (Å²) in [6.45, 7) is 3.48. The molecule has 3 aromatic carbocycles. The smallest absolute Gasteiger partial charge is 0.252 e. The molecule has 2 N–H and O–H groups in total. The number of nitrogens with one attached hydrogen (secondary N) is 1. The van der Waals surface area contributed by atoms with Gasteiger partial charge in [0, 0.05) is 55.1 Å². The number of hydrogen-bond donors (Lipinski definition) is 2. The number of aromatic nitrogens is 1. The zero-order chi connectivity index (χ0) is 22.0. The molecule has 1 atom stereocenters. The molecule has 0 radical (unpaired) electrons. The summed E-state index contributed by atoms with van der Waals surface area (Å²) in [5.41, 5.74) is 10.2. The predicted molar refractivity (Wildman–Crippen MR) is 126 cm³/mol. The summed E-state index contributed by atoms with van der Waals surface area (Å²) >= 11 is 0. The Labute approximate surface area is 186 Å². The third kappa shape index (κ3) is 2.55. The van der Waals surface area contributed by atoms with E-state index in [1.54, 1.807) is 7.11 Å². The lowest BCUT2D eigenvalue weighted by molar-refractivity contribution is 0.0966. The van der Waals surface area contributed by atoms with Crippen LogP contribution in [0.15, 0.2) is 42.5 Å². The molecule has 2 aliphatic rings. The summed E-state index contributed by atoms with van der Waals surface area (Å²) < 4.78 is 7.95. The van der Waals surface area contributed by atoms with Crippen molar-refractivity contribution in [3.63, 3.8) is 0 Å². The van der Waals surface area contributed by atoms with Gasteiger partial charge in [0.05, 0.1) is 17.2 Å². The Kier molecular flexibility index (Phi) is 4.39. The van der Waals surface area contributed by atoms with Crippen LogP contribution in [0.4, 0.5) is 0 Å². The average molecular weight is 427 g/mol. The number of ether oxygens (including phenoxy) is 1. The quantitative estimate of drug-likeness (QED) is 0.428. The molecule has 5 nitrogen and oxygen atoms in total. The van der Waals surface area contributed by atoms with Crippen molar-refractivity contribution in [2.24, 2.45) is 0 Å². The molecule has 0 saturated heterocycles. The molecule has 2 heterocycles. The van der Waals surface area contributed by atoms with Gasteiger partial charge in [0.1, 0.15) is 0 Å². The summed E-state index contributed by atoms with van der Waals surface area (Å²) in [4.78, 5) is 13.0. The number of nitrogens with zero attached hydrogens (tertiary/aromatic N) is 1. The van der Waals surface area contributed by atoms with Gasteiger partial charge in [-0.3, -0.25) is 4.79 Å². The Hall–Kier alpha value is -3.15. The molecular formula is C27H26N2O3. The molecule has 1 aliphatic carbocycles. The highest BCUT2D eigenvalue weighted by molar-refractivity contribution is 6.20. The molecule has 162 valence electrons. The van der Waals surface area contributed by atoms with Crippen molar-refractivity contribution in [1.82, 2.24) is 9.88 Å². The second kappa shape index (κ2) is 7.19. The minimum Gasteiger partial charge on any atom is -0.396 e. The van der Waals surface area contributed by atoms with Crippen LogP contribution in [-0.2, 0) is 24.2 Å². The topological polar surface area (TPSA) is 63.5 Å². The van der Waals surface area contributed by atoms with Gasteiger partial charge in [-0.15, -0.1) is 0 Å². The second-order valence-electron chi connectivity index (χ2n) is 8.83. The number of aryl methyl sites for hydroxylation is 1. The predicted octanol–water partition coefficient (Wildman–Crippen LogP) is 4.70. The number of aliphatic hydroxyl groups excluding tert-OH is 1. The van der Waals surface area contributed by atoms with Crippen molar-refractivity contribution in [3.8, 4) is 11.1 Å². The lowest BCUT2D eigenvalue weighted by atomic mass is 9.91. The van der Waals surface area contributed by atoms with Crippen molar-refractivity contribution < 1.29 is 14.6 Å². The SMILES string of the molecule is COC(C)c1ccc2c(c1)c1c3c(c4c(c1n2CCCO)Cc1ccccc1-4)C(=O)NC3. The minimum absolute atomic E-state index is 0.0123. The van der Waals surface area contributed by atoms with Crippen LogP contribution < -0.4 is 5.32 Å². The maximum atomic E-state index is 13.0. The van der Waals surface area contributed by atoms with Crippen LogP contribution in [-0.4, -0.2) is 29.3 Å². The molecule has 1 unspecified atom stereocenters. The number of methoxy groups -OCH3 is 1. The van der Waals surface area contributed by atoms with Crippen LogP contribution in [0.25, 0.3) is 32.9 Å². The number of fused-ring (bicyclic) bond motifs is 10. The van der Waals surface area contributed by atoms with Crippen molar-refractivity contribution >= 4 is 27.7 Å². The summed E-state index contributed by atoms with van der Waals surface area (Å²) in [5, 5.41) is 15.0. The highest BCUT2D eigenvalue weighted by atomic mass is 16.5. The van der Waals surface area contributed by atoms with Gasteiger partial charge in [0.25, 0.3) is 5.91 Å². The first-order chi connectivity index (χ1) is 15.6. The zero-order valence-corrected chi connectivity index (χ0v) is 18.4. The van der Waals surface area contributed by atoms with Crippen LogP contribution >= 0.6 is 0 Å². The third-order valence-corrected chi connectivity index (χ3v) is 7.20. The van der Waals surface area contributed by atoms with E-state index in [4.69, 9.17) is 4.74 Å². The Morgan fingerprint density at radius 2 is 2.00 bits per heavy atom. The molecule has 1 aromatic heterocycles. The average Bonchev–Trinajstić information content (AvgIpc) is 3.48. The Morgan fingerprint density at radius 3 is 2.81 bits per heavy atom. The number of carbonyl (C=O) groups is 1. The van der Waals surface area contributed by atoms with E-state index in [0.29, 0.717) is 13.0 Å². The van der Waals surface area contributed by atoms with E-state index in [9.17, 15) is 9.90 Å². The second-order valence-corrected chi connectivity index (χ2v) is 8.83.